The molecule has 0 aromatic carbocycles. The lowest BCUT2D eigenvalue weighted by atomic mass is 9.84. The Labute approximate surface area is 142 Å². The van der Waals surface area contributed by atoms with Crippen molar-refractivity contribution >= 4 is 0 Å². The minimum atomic E-state index is 0.868. The van der Waals surface area contributed by atoms with Gasteiger partial charge in [0.25, 0.3) is 0 Å². The average molecular weight is 311 g/mol. The van der Waals surface area contributed by atoms with Crippen LogP contribution in [0.5, 0.6) is 0 Å². The van der Waals surface area contributed by atoms with Crippen molar-refractivity contribution in [1.29, 1.82) is 0 Å². The number of rotatable bonds is 14. The monoisotopic (exact) mass is 310 g/mol. The molecular formula is C22H46. The molecule has 0 heteroatoms. The summed E-state index contributed by atoms with van der Waals surface area (Å²) in [4.78, 5) is 0. The number of hydrogen-bond donors (Lipinski definition) is 0. The second-order valence-electron chi connectivity index (χ2n) is 8.81. The zero-order valence-corrected chi connectivity index (χ0v) is 17.0. The van der Waals surface area contributed by atoms with Gasteiger partial charge < -0.3 is 0 Å². The van der Waals surface area contributed by atoms with Crippen LogP contribution in [0.25, 0.3) is 0 Å². The maximum absolute atomic E-state index is 2.47. The smallest absolute Gasteiger partial charge is 0.0391 e. The summed E-state index contributed by atoms with van der Waals surface area (Å²) in [6.07, 6.45) is 14.3. The Morgan fingerprint density at radius 1 is 0.545 bits per heavy atom. The Balaban J connectivity index is 3.77. The van der Waals surface area contributed by atoms with Crippen LogP contribution < -0.4 is 0 Å². The second-order valence-corrected chi connectivity index (χ2v) is 8.81. The molecule has 0 rings (SSSR count). The van der Waals surface area contributed by atoms with Gasteiger partial charge in [-0.25, -0.2) is 0 Å². The molecule has 22 heavy (non-hydrogen) atoms. The largest absolute Gasteiger partial charge is 0.0651 e. The van der Waals surface area contributed by atoms with Crippen LogP contribution in [-0.2, 0) is 0 Å². The van der Waals surface area contributed by atoms with Gasteiger partial charge in [0.2, 0.25) is 0 Å². The van der Waals surface area contributed by atoms with Gasteiger partial charge in [0.05, 0.1) is 0 Å². The molecule has 3 atom stereocenters. The Morgan fingerprint density at radius 3 is 1.45 bits per heavy atom. The van der Waals surface area contributed by atoms with Crippen molar-refractivity contribution in [3.05, 3.63) is 0 Å². The van der Waals surface area contributed by atoms with E-state index in [-0.39, 0.29) is 0 Å². The molecule has 0 saturated heterocycles. The molecule has 0 aromatic rings. The topological polar surface area (TPSA) is 0 Å². The van der Waals surface area contributed by atoms with E-state index >= 15 is 0 Å². The zero-order chi connectivity index (χ0) is 17.0. The van der Waals surface area contributed by atoms with E-state index in [9.17, 15) is 0 Å². The molecule has 0 spiro atoms. The quantitative estimate of drug-likeness (QED) is 0.304. The molecule has 3 unspecified atom stereocenters. The van der Waals surface area contributed by atoms with Crippen LogP contribution in [0.3, 0.4) is 0 Å². The van der Waals surface area contributed by atoms with Gasteiger partial charge in [0.15, 0.2) is 0 Å². The summed E-state index contributed by atoms with van der Waals surface area (Å²) in [7, 11) is 0. The third kappa shape index (κ3) is 12.5. The van der Waals surface area contributed by atoms with Crippen molar-refractivity contribution in [3.63, 3.8) is 0 Å². The lowest BCUT2D eigenvalue weighted by Gasteiger charge is -2.22. The van der Waals surface area contributed by atoms with E-state index in [4.69, 9.17) is 0 Å². The molecule has 0 amide bonds. The molecule has 134 valence electrons. The van der Waals surface area contributed by atoms with Crippen LogP contribution in [0.15, 0.2) is 0 Å². The van der Waals surface area contributed by atoms with Gasteiger partial charge in [-0.05, 0) is 29.6 Å². The molecule has 0 N–H and O–H groups in total. The van der Waals surface area contributed by atoms with Gasteiger partial charge in [-0.15, -0.1) is 0 Å². The molecule has 0 heterocycles. The molecule has 0 fully saturated rings. The molecule has 0 nitrogen and oxygen atoms in total. The Morgan fingerprint density at radius 2 is 1.00 bits per heavy atom. The highest BCUT2D eigenvalue weighted by molar-refractivity contribution is 4.66. The molecule has 0 aliphatic rings. The Bertz CT molecular complexity index is 228. The molecule has 0 radical (unpaired) electrons. The van der Waals surface area contributed by atoms with Crippen LogP contribution in [0, 0.1) is 29.6 Å². The van der Waals surface area contributed by atoms with Gasteiger partial charge in [-0.1, -0.05) is 113 Å². The summed E-state index contributed by atoms with van der Waals surface area (Å²) in [5, 5.41) is 0. The summed E-state index contributed by atoms with van der Waals surface area (Å²) in [6, 6.07) is 0. The maximum Gasteiger partial charge on any atom is -0.0391 e. The van der Waals surface area contributed by atoms with Gasteiger partial charge in [-0.3, -0.25) is 0 Å². The molecule has 0 aromatic heterocycles. The third-order valence-corrected chi connectivity index (χ3v) is 5.66. The second kappa shape index (κ2) is 13.4. The Kier molecular flexibility index (Phi) is 13.4. The van der Waals surface area contributed by atoms with E-state index in [0.29, 0.717) is 0 Å². The predicted molar refractivity (Wildman–Crippen MR) is 103 cm³/mol. The van der Waals surface area contributed by atoms with Crippen molar-refractivity contribution < 1.29 is 0 Å². The van der Waals surface area contributed by atoms with Crippen molar-refractivity contribution in [2.45, 2.75) is 113 Å². The van der Waals surface area contributed by atoms with E-state index in [2.05, 4.69) is 48.5 Å². The Hall–Kier alpha value is 0. The first-order valence-electron chi connectivity index (χ1n) is 10.4. The molecule has 0 saturated carbocycles. The summed E-state index contributed by atoms with van der Waals surface area (Å²) < 4.78 is 0. The first kappa shape index (κ1) is 22.0. The van der Waals surface area contributed by atoms with Crippen molar-refractivity contribution in [1.82, 2.24) is 0 Å². The van der Waals surface area contributed by atoms with Crippen molar-refractivity contribution in [3.8, 4) is 0 Å². The van der Waals surface area contributed by atoms with E-state index in [1.165, 1.54) is 64.2 Å². The summed E-state index contributed by atoms with van der Waals surface area (Å²) in [6.45, 7) is 16.7. The minimum absolute atomic E-state index is 0.868. The normalized spacial score (nSPS) is 16.2. The highest BCUT2D eigenvalue weighted by Crippen LogP contribution is 2.27. The van der Waals surface area contributed by atoms with E-state index in [0.717, 1.165) is 29.6 Å². The molecular weight excluding hydrogens is 264 g/mol. The zero-order valence-electron chi connectivity index (χ0n) is 17.0. The van der Waals surface area contributed by atoms with Crippen LogP contribution in [-0.4, -0.2) is 0 Å². The highest BCUT2D eigenvalue weighted by atomic mass is 14.2. The summed E-state index contributed by atoms with van der Waals surface area (Å²) >= 11 is 0. The molecule has 0 aliphatic heterocycles. The standard InChI is InChI=1S/C22H46/c1-8-20(6)13-10-14-21(7)15-11-17-22(19(4)5)16-9-12-18(2)3/h18-22H,8-17H2,1-7H3. The SMILES string of the molecule is CCC(C)CCCC(C)CCCC(CCCC(C)C)C(C)C. The third-order valence-electron chi connectivity index (χ3n) is 5.66. The van der Waals surface area contributed by atoms with Gasteiger partial charge >= 0.3 is 0 Å². The lowest BCUT2D eigenvalue weighted by molar-refractivity contribution is 0.298. The van der Waals surface area contributed by atoms with Crippen molar-refractivity contribution in [2.75, 3.05) is 0 Å². The fraction of sp³-hybridized carbons (Fsp3) is 1.00. The van der Waals surface area contributed by atoms with Gasteiger partial charge in [0.1, 0.15) is 0 Å². The van der Waals surface area contributed by atoms with E-state index < -0.39 is 0 Å². The van der Waals surface area contributed by atoms with Gasteiger partial charge in [-0.2, -0.15) is 0 Å². The van der Waals surface area contributed by atoms with Crippen LogP contribution in [0.2, 0.25) is 0 Å². The first-order chi connectivity index (χ1) is 10.4. The molecule has 0 aliphatic carbocycles. The van der Waals surface area contributed by atoms with Crippen LogP contribution in [0.1, 0.15) is 113 Å². The fourth-order valence-electron chi connectivity index (χ4n) is 3.49. The van der Waals surface area contributed by atoms with Crippen molar-refractivity contribution in [2.24, 2.45) is 29.6 Å². The first-order valence-corrected chi connectivity index (χ1v) is 10.4. The molecule has 0 bridgehead atoms. The summed E-state index contributed by atoms with van der Waals surface area (Å²) in [5.74, 6) is 4.57. The number of hydrogen-bond acceptors (Lipinski definition) is 0. The maximum atomic E-state index is 2.47. The summed E-state index contributed by atoms with van der Waals surface area (Å²) in [5.41, 5.74) is 0. The predicted octanol–water partition coefficient (Wildman–Crippen LogP) is 8.11. The highest BCUT2D eigenvalue weighted by Gasteiger charge is 2.14. The minimum Gasteiger partial charge on any atom is -0.0651 e. The van der Waals surface area contributed by atoms with Crippen LogP contribution >= 0.6 is 0 Å². The van der Waals surface area contributed by atoms with Gasteiger partial charge in [0, 0.05) is 0 Å². The van der Waals surface area contributed by atoms with Crippen LogP contribution in [0.4, 0.5) is 0 Å². The van der Waals surface area contributed by atoms with E-state index in [1.807, 2.05) is 0 Å². The fourth-order valence-corrected chi connectivity index (χ4v) is 3.49. The van der Waals surface area contributed by atoms with E-state index in [1.54, 1.807) is 0 Å². The lowest BCUT2D eigenvalue weighted by Crippen LogP contribution is -2.10. The average Bonchev–Trinajstić information content (AvgIpc) is 2.44.